The van der Waals surface area contributed by atoms with Gasteiger partial charge in [-0.3, -0.25) is 0 Å². The van der Waals surface area contributed by atoms with Crippen molar-refractivity contribution in [2.75, 3.05) is 18.5 Å². The Bertz CT molecular complexity index is 339. The quantitative estimate of drug-likeness (QED) is 0.726. The predicted octanol–water partition coefficient (Wildman–Crippen LogP) is 1.17. The Labute approximate surface area is 84.9 Å². The van der Waals surface area contributed by atoms with Gasteiger partial charge in [0.05, 0.1) is 6.54 Å². The second-order valence-electron chi connectivity index (χ2n) is 3.30. The zero-order valence-electron chi connectivity index (χ0n) is 8.57. The lowest BCUT2D eigenvalue weighted by Gasteiger charge is -2.16. The zero-order chi connectivity index (χ0) is 10.6. The molecule has 14 heavy (non-hydrogen) atoms. The lowest BCUT2D eigenvalue weighted by Crippen LogP contribution is -2.19. The number of aromatic nitrogens is 1. The molecule has 0 spiro atoms. The van der Waals surface area contributed by atoms with Gasteiger partial charge in [-0.1, -0.05) is 5.92 Å². The van der Waals surface area contributed by atoms with Gasteiger partial charge in [0.1, 0.15) is 5.82 Å². The largest absolute Gasteiger partial charge is 0.349 e. The van der Waals surface area contributed by atoms with E-state index in [0.29, 0.717) is 6.54 Å². The Hall–Kier alpha value is -1.53. The van der Waals surface area contributed by atoms with Gasteiger partial charge in [0.25, 0.3) is 0 Å². The second kappa shape index (κ2) is 4.64. The summed E-state index contributed by atoms with van der Waals surface area (Å²) in [5.74, 6) is 3.43. The molecule has 1 heterocycles. The Kier molecular flexibility index (Phi) is 3.49. The van der Waals surface area contributed by atoms with Gasteiger partial charge in [0.15, 0.2) is 0 Å². The molecular formula is C11H15N3. The molecule has 0 aliphatic rings. The first kappa shape index (κ1) is 10.6. The molecule has 74 valence electrons. The van der Waals surface area contributed by atoms with Gasteiger partial charge in [0, 0.05) is 19.3 Å². The van der Waals surface area contributed by atoms with Crippen molar-refractivity contribution in [3.8, 4) is 12.3 Å². The Morgan fingerprint density at radius 2 is 2.43 bits per heavy atom. The number of anilines is 1. The normalized spacial score (nSPS) is 11.9. The molecule has 0 saturated heterocycles. The highest BCUT2D eigenvalue weighted by Gasteiger charge is 2.04. The van der Waals surface area contributed by atoms with Gasteiger partial charge in [-0.15, -0.1) is 6.42 Å². The number of pyridine rings is 1. The van der Waals surface area contributed by atoms with E-state index >= 15 is 0 Å². The lowest BCUT2D eigenvalue weighted by molar-refractivity contribution is 0.813. The van der Waals surface area contributed by atoms with Crippen LogP contribution in [-0.4, -0.2) is 18.6 Å². The number of rotatable bonds is 3. The summed E-state index contributed by atoms with van der Waals surface area (Å²) in [4.78, 5) is 6.12. The molecule has 1 unspecified atom stereocenters. The molecule has 1 aromatic rings. The average molecular weight is 189 g/mol. The molecule has 3 heteroatoms. The Balaban J connectivity index is 2.89. The smallest absolute Gasteiger partial charge is 0.129 e. The van der Waals surface area contributed by atoms with E-state index in [1.807, 2.05) is 31.0 Å². The van der Waals surface area contributed by atoms with Crippen LogP contribution >= 0.6 is 0 Å². The molecule has 0 aliphatic carbocycles. The highest BCUT2D eigenvalue weighted by Crippen LogP contribution is 2.15. The molecule has 3 nitrogen and oxygen atoms in total. The molecule has 2 N–H and O–H groups in total. The maximum Gasteiger partial charge on any atom is 0.129 e. The molecule has 1 rings (SSSR count). The third-order valence-corrected chi connectivity index (χ3v) is 2.01. The minimum Gasteiger partial charge on any atom is -0.349 e. The highest BCUT2D eigenvalue weighted by molar-refractivity contribution is 5.41. The summed E-state index contributed by atoms with van der Waals surface area (Å²) in [6, 6.07) is 3.90. The molecule has 0 bridgehead atoms. The first-order valence-electron chi connectivity index (χ1n) is 4.51. The molecule has 0 amide bonds. The van der Waals surface area contributed by atoms with Crippen LogP contribution < -0.4 is 10.6 Å². The average Bonchev–Trinajstić information content (AvgIpc) is 2.18. The lowest BCUT2D eigenvalue weighted by atomic mass is 10.1. The monoisotopic (exact) mass is 189 g/mol. The molecule has 0 aromatic carbocycles. The fourth-order valence-corrected chi connectivity index (χ4v) is 1.14. The second-order valence-corrected chi connectivity index (χ2v) is 3.30. The minimum atomic E-state index is 0.0241. The van der Waals surface area contributed by atoms with Crippen molar-refractivity contribution in [2.45, 2.75) is 13.0 Å². The number of nitrogens with zero attached hydrogens (tertiary/aromatic N) is 2. The molecule has 0 saturated carbocycles. The fourth-order valence-electron chi connectivity index (χ4n) is 1.14. The minimum absolute atomic E-state index is 0.0241. The molecule has 1 atom stereocenters. The van der Waals surface area contributed by atoms with Gasteiger partial charge in [-0.05, 0) is 24.6 Å². The van der Waals surface area contributed by atoms with Crippen molar-refractivity contribution in [1.82, 2.24) is 4.98 Å². The topological polar surface area (TPSA) is 42.1 Å². The highest BCUT2D eigenvalue weighted by atomic mass is 15.1. The van der Waals surface area contributed by atoms with Crippen LogP contribution in [0.25, 0.3) is 0 Å². The van der Waals surface area contributed by atoms with Crippen LogP contribution in [0.1, 0.15) is 18.5 Å². The molecular weight excluding hydrogens is 174 g/mol. The Morgan fingerprint density at radius 1 is 1.71 bits per heavy atom. The molecule has 0 radical (unpaired) electrons. The van der Waals surface area contributed by atoms with Crippen LogP contribution in [0.4, 0.5) is 5.82 Å². The van der Waals surface area contributed by atoms with Crippen LogP contribution in [0.2, 0.25) is 0 Å². The molecule has 1 aromatic heterocycles. The standard InChI is InChI=1S/C11H15N3/c1-4-7-14(3)11-8-10(9(2)12)5-6-13-11/h1,5-6,8-9H,7,12H2,2-3H3. The van der Waals surface area contributed by atoms with E-state index in [0.717, 1.165) is 11.4 Å². The van der Waals surface area contributed by atoms with E-state index < -0.39 is 0 Å². The maximum atomic E-state index is 5.77. The van der Waals surface area contributed by atoms with Crippen molar-refractivity contribution < 1.29 is 0 Å². The summed E-state index contributed by atoms with van der Waals surface area (Å²) in [6.45, 7) is 2.50. The van der Waals surface area contributed by atoms with E-state index in [2.05, 4.69) is 10.9 Å². The van der Waals surface area contributed by atoms with Crippen LogP contribution in [0.3, 0.4) is 0 Å². The first-order valence-corrected chi connectivity index (χ1v) is 4.51. The van der Waals surface area contributed by atoms with Crippen molar-refractivity contribution in [2.24, 2.45) is 5.73 Å². The van der Waals surface area contributed by atoms with Crippen LogP contribution in [0.15, 0.2) is 18.3 Å². The number of nitrogens with two attached hydrogens (primary N) is 1. The summed E-state index contributed by atoms with van der Waals surface area (Å²) < 4.78 is 0. The van der Waals surface area contributed by atoms with Crippen molar-refractivity contribution >= 4 is 5.82 Å². The van der Waals surface area contributed by atoms with Gasteiger partial charge < -0.3 is 10.6 Å². The number of terminal acetylenes is 1. The third-order valence-electron chi connectivity index (χ3n) is 2.01. The summed E-state index contributed by atoms with van der Waals surface area (Å²) in [7, 11) is 1.91. The maximum absolute atomic E-state index is 5.77. The van der Waals surface area contributed by atoms with E-state index in [9.17, 15) is 0 Å². The summed E-state index contributed by atoms with van der Waals surface area (Å²) in [5, 5.41) is 0. The molecule has 0 fully saturated rings. The van der Waals surface area contributed by atoms with E-state index in [1.54, 1.807) is 6.20 Å². The zero-order valence-corrected chi connectivity index (χ0v) is 8.57. The van der Waals surface area contributed by atoms with Crippen LogP contribution in [0.5, 0.6) is 0 Å². The number of hydrogen-bond donors (Lipinski definition) is 1. The Morgan fingerprint density at radius 3 is 3.00 bits per heavy atom. The van der Waals surface area contributed by atoms with Crippen molar-refractivity contribution in [3.63, 3.8) is 0 Å². The van der Waals surface area contributed by atoms with Crippen LogP contribution in [-0.2, 0) is 0 Å². The van der Waals surface area contributed by atoms with E-state index in [-0.39, 0.29) is 6.04 Å². The summed E-state index contributed by atoms with van der Waals surface area (Å²) in [5.41, 5.74) is 6.84. The van der Waals surface area contributed by atoms with Gasteiger partial charge >= 0.3 is 0 Å². The van der Waals surface area contributed by atoms with Crippen molar-refractivity contribution in [1.29, 1.82) is 0 Å². The van der Waals surface area contributed by atoms with E-state index in [4.69, 9.17) is 12.2 Å². The first-order chi connectivity index (χ1) is 6.65. The van der Waals surface area contributed by atoms with Crippen LogP contribution in [0, 0.1) is 12.3 Å². The SMILES string of the molecule is C#CCN(C)c1cc(C(C)N)ccn1. The summed E-state index contributed by atoms with van der Waals surface area (Å²) in [6.07, 6.45) is 6.97. The van der Waals surface area contributed by atoms with Gasteiger partial charge in [-0.25, -0.2) is 4.98 Å². The van der Waals surface area contributed by atoms with Gasteiger partial charge in [0.2, 0.25) is 0 Å². The fraction of sp³-hybridized carbons (Fsp3) is 0.364. The summed E-state index contributed by atoms with van der Waals surface area (Å²) >= 11 is 0. The third kappa shape index (κ3) is 2.48. The molecule has 0 aliphatic heterocycles. The predicted molar refractivity (Wildman–Crippen MR) is 58.9 cm³/mol. The van der Waals surface area contributed by atoms with E-state index in [1.165, 1.54) is 0 Å². The number of hydrogen-bond acceptors (Lipinski definition) is 3. The van der Waals surface area contributed by atoms with Crippen molar-refractivity contribution in [3.05, 3.63) is 23.9 Å². The van der Waals surface area contributed by atoms with Gasteiger partial charge in [-0.2, -0.15) is 0 Å².